The van der Waals surface area contributed by atoms with Crippen molar-refractivity contribution in [2.24, 2.45) is 4.99 Å². The molecule has 3 aromatic carbocycles. The molecule has 9 heteroatoms. The van der Waals surface area contributed by atoms with E-state index in [1.165, 1.54) is 4.31 Å². The first-order chi connectivity index (χ1) is 18.0. The second-order valence-electron chi connectivity index (χ2n) is 8.97. The maximum Gasteiger partial charge on any atom is 0.365 e. The van der Waals surface area contributed by atoms with E-state index in [-0.39, 0.29) is 23.0 Å². The van der Waals surface area contributed by atoms with Crippen LogP contribution in [0.2, 0.25) is 0 Å². The molecule has 0 amide bonds. The van der Waals surface area contributed by atoms with Crippen LogP contribution in [0.3, 0.4) is 0 Å². The molecule has 0 unspecified atom stereocenters. The molecule has 0 spiro atoms. The Balaban J connectivity index is 1.23. The summed E-state index contributed by atoms with van der Waals surface area (Å²) in [5, 5.41) is 2.77. The zero-order valence-corrected chi connectivity index (χ0v) is 20.8. The van der Waals surface area contributed by atoms with Crippen molar-refractivity contribution in [3.63, 3.8) is 0 Å². The molecule has 1 saturated heterocycles. The summed E-state index contributed by atoms with van der Waals surface area (Å²) in [4.78, 5) is 23.6. The smallest absolute Gasteiger partial charge is 0.365 e. The normalized spacial score (nSPS) is 18.3. The molecule has 0 bridgehead atoms. The lowest BCUT2D eigenvalue weighted by atomic mass is 10.0. The number of para-hydroxylation sites is 1. The van der Waals surface area contributed by atoms with Crippen LogP contribution in [0.5, 0.6) is 0 Å². The molecule has 0 atom stereocenters. The van der Waals surface area contributed by atoms with Gasteiger partial charge in [0.2, 0.25) is 15.9 Å². The van der Waals surface area contributed by atoms with Crippen molar-refractivity contribution < 1.29 is 17.9 Å². The Bertz CT molecular complexity index is 1690. The van der Waals surface area contributed by atoms with Crippen molar-refractivity contribution in [1.82, 2.24) is 14.2 Å². The number of hydrogen-bond acceptors (Lipinski definition) is 7. The Kier molecular flexibility index (Phi) is 5.94. The summed E-state index contributed by atoms with van der Waals surface area (Å²) in [6, 6.07) is 22.5. The molecule has 1 fully saturated rings. The second-order valence-corrected chi connectivity index (χ2v) is 10.9. The first-order valence-corrected chi connectivity index (χ1v) is 13.5. The summed E-state index contributed by atoms with van der Waals surface area (Å²) < 4.78 is 34.1. The standard InChI is InChI=1S/C28H24N4O4S/c33-28-24(30-27(36-28)23-12-3-8-20-7-1-2-11-22(20)23)19-31-15-6-16-32(18-17-31)37(34,35)25-13-4-9-21-10-5-14-29-26(21)25/h1-5,7-14,19H,6,15-18H2. The fourth-order valence-electron chi connectivity index (χ4n) is 4.81. The largest absolute Gasteiger partial charge is 0.402 e. The number of nitrogens with zero attached hydrogens (tertiary/aromatic N) is 4. The van der Waals surface area contributed by atoms with Gasteiger partial charge in [0.25, 0.3) is 0 Å². The molecule has 8 nitrogen and oxygen atoms in total. The molecule has 2 aliphatic rings. The van der Waals surface area contributed by atoms with Crippen LogP contribution in [-0.4, -0.2) is 60.7 Å². The van der Waals surface area contributed by atoms with Gasteiger partial charge in [0.05, 0.1) is 5.52 Å². The highest BCUT2D eigenvalue weighted by Gasteiger charge is 2.30. The van der Waals surface area contributed by atoms with Crippen LogP contribution in [0.4, 0.5) is 0 Å². The summed E-state index contributed by atoms with van der Waals surface area (Å²) >= 11 is 0. The third-order valence-electron chi connectivity index (χ3n) is 6.65. The van der Waals surface area contributed by atoms with E-state index in [9.17, 15) is 13.2 Å². The molecule has 4 aromatic rings. The Morgan fingerprint density at radius 2 is 1.62 bits per heavy atom. The van der Waals surface area contributed by atoms with Gasteiger partial charge >= 0.3 is 5.97 Å². The number of esters is 1. The van der Waals surface area contributed by atoms with E-state index in [4.69, 9.17) is 4.74 Å². The molecule has 186 valence electrons. The molecule has 1 aromatic heterocycles. The summed E-state index contributed by atoms with van der Waals surface area (Å²) in [7, 11) is -3.73. The van der Waals surface area contributed by atoms with E-state index < -0.39 is 16.0 Å². The van der Waals surface area contributed by atoms with E-state index in [0.717, 1.165) is 21.7 Å². The third-order valence-corrected chi connectivity index (χ3v) is 8.58. The maximum atomic E-state index is 13.5. The number of hydrogen-bond donors (Lipinski definition) is 0. The predicted octanol–water partition coefficient (Wildman–Crippen LogP) is 3.93. The van der Waals surface area contributed by atoms with Crippen molar-refractivity contribution in [3.8, 4) is 0 Å². The summed E-state index contributed by atoms with van der Waals surface area (Å²) in [5.41, 5.74) is 1.43. The lowest BCUT2D eigenvalue weighted by Crippen LogP contribution is -2.34. The van der Waals surface area contributed by atoms with Gasteiger partial charge in [-0.05, 0) is 35.4 Å². The van der Waals surface area contributed by atoms with E-state index in [2.05, 4.69) is 9.98 Å². The summed E-state index contributed by atoms with van der Waals surface area (Å²) in [5.74, 6) is -0.242. The first kappa shape index (κ1) is 23.3. The highest BCUT2D eigenvalue weighted by molar-refractivity contribution is 7.89. The summed E-state index contributed by atoms with van der Waals surface area (Å²) in [6.45, 7) is 1.67. The number of aromatic nitrogens is 1. The number of ether oxygens (including phenoxy) is 1. The Morgan fingerprint density at radius 3 is 2.54 bits per heavy atom. The maximum absolute atomic E-state index is 13.5. The van der Waals surface area contributed by atoms with Crippen molar-refractivity contribution in [2.45, 2.75) is 11.3 Å². The number of rotatable bonds is 4. The van der Waals surface area contributed by atoms with E-state index in [0.29, 0.717) is 31.6 Å². The minimum absolute atomic E-state index is 0.206. The average molecular weight is 513 g/mol. The van der Waals surface area contributed by atoms with Gasteiger partial charge in [0, 0.05) is 49.5 Å². The lowest BCUT2D eigenvalue weighted by Gasteiger charge is -2.21. The number of pyridine rings is 1. The second kappa shape index (κ2) is 9.42. The molecule has 0 N–H and O–H groups in total. The fraction of sp³-hybridized carbons (Fsp3) is 0.179. The van der Waals surface area contributed by atoms with Crippen molar-refractivity contribution in [1.29, 1.82) is 0 Å². The van der Waals surface area contributed by atoms with Gasteiger partial charge in [0.15, 0.2) is 5.70 Å². The topological polar surface area (TPSA) is 92.2 Å². The van der Waals surface area contributed by atoms with Gasteiger partial charge in [-0.2, -0.15) is 4.31 Å². The lowest BCUT2D eigenvalue weighted by molar-refractivity contribution is -0.130. The van der Waals surface area contributed by atoms with Gasteiger partial charge in [-0.3, -0.25) is 4.98 Å². The number of aliphatic imine (C=N–C) groups is 1. The first-order valence-electron chi connectivity index (χ1n) is 12.1. The SMILES string of the molecule is O=C1OC(c2cccc3ccccc23)=NC1=CN1CCCN(S(=O)(=O)c2cccc3cccnc23)CC1. The summed E-state index contributed by atoms with van der Waals surface area (Å²) in [6.07, 6.45) is 3.89. The number of cyclic esters (lactones) is 1. The average Bonchev–Trinajstić information content (AvgIpc) is 3.11. The molecular formula is C28H24N4O4S. The predicted molar refractivity (Wildman–Crippen MR) is 141 cm³/mol. The minimum atomic E-state index is -3.73. The van der Waals surface area contributed by atoms with Gasteiger partial charge in [-0.25, -0.2) is 18.2 Å². The molecule has 3 heterocycles. The zero-order valence-electron chi connectivity index (χ0n) is 19.9. The number of carbonyl (C=O) groups excluding carboxylic acids is 1. The van der Waals surface area contributed by atoms with Gasteiger partial charge in [-0.15, -0.1) is 0 Å². The van der Waals surface area contributed by atoms with Crippen LogP contribution in [-0.2, 0) is 19.6 Å². The number of fused-ring (bicyclic) bond motifs is 2. The number of sulfonamides is 1. The van der Waals surface area contributed by atoms with Gasteiger partial charge in [-0.1, -0.05) is 54.6 Å². The van der Waals surface area contributed by atoms with Crippen LogP contribution in [0.15, 0.2) is 101 Å². The quantitative estimate of drug-likeness (QED) is 0.304. The van der Waals surface area contributed by atoms with Crippen molar-refractivity contribution >= 4 is 43.6 Å². The zero-order chi connectivity index (χ0) is 25.4. The van der Waals surface area contributed by atoms with E-state index in [1.54, 1.807) is 30.6 Å². The highest BCUT2D eigenvalue weighted by Crippen LogP contribution is 2.26. The number of carbonyl (C=O) groups is 1. The minimum Gasteiger partial charge on any atom is -0.402 e. The Morgan fingerprint density at radius 1 is 0.838 bits per heavy atom. The molecule has 37 heavy (non-hydrogen) atoms. The van der Waals surface area contributed by atoms with Gasteiger partial charge in [0.1, 0.15) is 4.90 Å². The van der Waals surface area contributed by atoms with E-state index >= 15 is 0 Å². The van der Waals surface area contributed by atoms with Crippen LogP contribution in [0.25, 0.3) is 21.7 Å². The molecule has 0 saturated carbocycles. The highest BCUT2D eigenvalue weighted by atomic mass is 32.2. The fourth-order valence-corrected chi connectivity index (χ4v) is 6.44. The van der Waals surface area contributed by atoms with Crippen LogP contribution >= 0.6 is 0 Å². The van der Waals surface area contributed by atoms with Crippen molar-refractivity contribution in [3.05, 3.63) is 96.5 Å². The van der Waals surface area contributed by atoms with Gasteiger partial charge < -0.3 is 9.64 Å². The van der Waals surface area contributed by atoms with E-state index in [1.807, 2.05) is 59.5 Å². The molecule has 6 rings (SSSR count). The molecule has 0 radical (unpaired) electrons. The Hall–Kier alpha value is -4.08. The van der Waals surface area contributed by atoms with Crippen LogP contribution in [0.1, 0.15) is 12.0 Å². The Labute approximate surface area is 214 Å². The third kappa shape index (κ3) is 4.36. The number of benzene rings is 3. The van der Waals surface area contributed by atoms with Crippen molar-refractivity contribution in [2.75, 3.05) is 26.2 Å². The van der Waals surface area contributed by atoms with Crippen LogP contribution < -0.4 is 0 Å². The molecular weight excluding hydrogens is 488 g/mol. The van der Waals surface area contributed by atoms with Crippen LogP contribution in [0, 0.1) is 0 Å². The molecule has 2 aliphatic heterocycles. The molecule has 0 aliphatic carbocycles. The monoisotopic (exact) mass is 512 g/mol.